The van der Waals surface area contributed by atoms with Crippen molar-refractivity contribution in [3.8, 4) is 0 Å². The Bertz CT molecular complexity index is 313. The number of carbonyl (C=O) groups is 1. The molecule has 15 heavy (non-hydrogen) atoms. The van der Waals surface area contributed by atoms with E-state index in [2.05, 4.69) is 0 Å². The maximum absolute atomic E-state index is 11.4. The molecule has 6 nitrogen and oxygen atoms in total. The van der Waals surface area contributed by atoms with E-state index >= 15 is 0 Å². The molecule has 0 spiro atoms. The van der Waals surface area contributed by atoms with Crippen LogP contribution in [-0.4, -0.2) is 51.1 Å². The van der Waals surface area contributed by atoms with Gasteiger partial charge >= 0.3 is 0 Å². The van der Waals surface area contributed by atoms with Gasteiger partial charge in [-0.2, -0.15) is 0 Å². The minimum absolute atomic E-state index is 0.150. The molecule has 0 aliphatic heterocycles. The summed E-state index contributed by atoms with van der Waals surface area (Å²) < 4.78 is 4.72. The maximum atomic E-state index is 11.4. The Hall–Kier alpha value is -1.21. The quantitative estimate of drug-likeness (QED) is 0.447. The average molecular weight is 216 g/mol. The number of hydrogen-bond acceptors (Lipinski definition) is 6. The van der Waals surface area contributed by atoms with Crippen molar-refractivity contribution in [2.45, 2.75) is 11.7 Å². The zero-order valence-electron chi connectivity index (χ0n) is 7.83. The summed E-state index contributed by atoms with van der Waals surface area (Å²) in [5.74, 6) is -1.05. The van der Waals surface area contributed by atoms with E-state index < -0.39 is 30.7 Å². The van der Waals surface area contributed by atoms with E-state index in [4.69, 9.17) is 14.6 Å². The number of carbonyl (C=O) groups excluding carboxylic acids is 1. The molecule has 0 unspecified atom stereocenters. The lowest BCUT2D eigenvalue weighted by atomic mass is 9.94. The Kier molecular flexibility index (Phi) is 3.59. The van der Waals surface area contributed by atoms with E-state index in [1.165, 1.54) is 18.4 Å². The van der Waals surface area contributed by atoms with Crippen molar-refractivity contribution in [2.24, 2.45) is 0 Å². The Morgan fingerprint density at radius 1 is 1.47 bits per heavy atom. The molecule has 0 saturated carbocycles. The molecule has 6 heteroatoms. The van der Waals surface area contributed by atoms with E-state index in [9.17, 15) is 15.0 Å². The zero-order chi connectivity index (χ0) is 11.5. The fourth-order valence-corrected chi connectivity index (χ4v) is 1.02. The van der Waals surface area contributed by atoms with Gasteiger partial charge in [0, 0.05) is 0 Å². The summed E-state index contributed by atoms with van der Waals surface area (Å²) in [6.45, 7) is -1.87. The summed E-state index contributed by atoms with van der Waals surface area (Å²) in [4.78, 5) is 11.4. The second-order valence-electron chi connectivity index (χ2n) is 3.16. The molecule has 1 aromatic heterocycles. The molecule has 0 fully saturated rings. The highest BCUT2D eigenvalue weighted by Gasteiger charge is 2.40. The van der Waals surface area contributed by atoms with E-state index in [1.54, 1.807) is 0 Å². The minimum atomic E-state index is -2.26. The monoisotopic (exact) mass is 216 g/mol. The third-order valence-corrected chi connectivity index (χ3v) is 2.07. The van der Waals surface area contributed by atoms with Crippen molar-refractivity contribution in [3.63, 3.8) is 0 Å². The zero-order valence-corrected chi connectivity index (χ0v) is 7.83. The average Bonchev–Trinajstić information content (AvgIpc) is 2.79. The van der Waals surface area contributed by atoms with Crippen molar-refractivity contribution in [1.29, 1.82) is 0 Å². The molecule has 1 heterocycles. The molecule has 0 radical (unpaired) electrons. The summed E-state index contributed by atoms with van der Waals surface area (Å²) in [5.41, 5.74) is -2.26. The lowest BCUT2D eigenvalue weighted by Crippen LogP contribution is -2.52. The van der Waals surface area contributed by atoms with Crippen LogP contribution >= 0.6 is 0 Å². The van der Waals surface area contributed by atoms with Crippen LogP contribution in [0.1, 0.15) is 10.6 Å². The molecule has 1 rings (SSSR count). The standard InChI is InChI=1S/C9H12O6/c10-4-9(14,5-11)8(13)7(12)6-2-1-3-15-6/h1-3,8,10-11,13-14H,4-5H2/t8-/m0/s1. The van der Waals surface area contributed by atoms with Gasteiger partial charge in [0.2, 0.25) is 5.78 Å². The lowest BCUT2D eigenvalue weighted by molar-refractivity contribution is -0.116. The number of Topliss-reactive ketones (excluding diaryl/α,β-unsaturated/α-hetero) is 1. The molecule has 0 amide bonds. The fourth-order valence-electron chi connectivity index (χ4n) is 1.02. The van der Waals surface area contributed by atoms with Gasteiger partial charge < -0.3 is 24.8 Å². The summed E-state index contributed by atoms with van der Waals surface area (Å²) >= 11 is 0. The van der Waals surface area contributed by atoms with Crippen LogP contribution in [0.25, 0.3) is 0 Å². The highest BCUT2D eigenvalue weighted by Crippen LogP contribution is 2.15. The van der Waals surface area contributed by atoms with Crippen LogP contribution in [-0.2, 0) is 0 Å². The van der Waals surface area contributed by atoms with Crippen LogP contribution in [0.5, 0.6) is 0 Å². The van der Waals surface area contributed by atoms with Crippen molar-refractivity contribution in [2.75, 3.05) is 13.2 Å². The van der Waals surface area contributed by atoms with E-state index in [0.717, 1.165) is 0 Å². The Morgan fingerprint density at radius 2 is 2.07 bits per heavy atom. The highest BCUT2D eigenvalue weighted by atomic mass is 16.4. The van der Waals surface area contributed by atoms with Gasteiger partial charge in [-0.05, 0) is 12.1 Å². The first-order valence-corrected chi connectivity index (χ1v) is 4.25. The predicted molar refractivity (Wildman–Crippen MR) is 48.2 cm³/mol. The first-order chi connectivity index (χ1) is 7.05. The predicted octanol–water partition coefficient (Wildman–Crippen LogP) is -1.46. The molecule has 1 atom stereocenters. The number of hydrogen-bond donors (Lipinski definition) is 4. The third kappa shape index (κ3) is 2.24. The topological polar surface area (TPSA) is 111 Å². The number of rotatable bonds is 5. The number of aliphatic hydroxyl groups excluding tert-OH is 3. The van der Waals surface area contributed by atoms with Gasteiger partial charge in [0.1, 0.15) is 5.60 Å². The van der Waals surface area contributed by atoms with Gasteiger partial charge in [0.25, 0.3) is 0 Å². The minimum Gasteiger partial charge on any atom is -0.461 e. The highest BCUT2D eigenvalue weighted by molar-refractivity contribution is 5.97. The number of furan rings is 1. The van der Waals surface area contributed by atoms with Crippen LogP contribution in [0.4, 0.5) is 0 Å². The summed E-state index contributed by atoms with van der Waals surface area (Å²) in [6, 6.07) is 2.75. The molecular formula is C9H12O6. The lowest BCUT2D eigenvalue weighted by Gasteiger charge is -2.27. The smallest absolute Gasteiger partial charge is 0.229 e. The molecule has 1 aromatic rings. The third-order valence-electron chi connectivity index (χ3n) is 2.07. The van der Waals surface area contributed by atoms with Crippen LogP contribution < -0.4 is 0 Å². The SMILES string of the molecule is O=C(c1ccco1)[C@H](O)C(O)(CO)CO. The Labute approximate surface area is 85.4 Å². The van der Waals surface area contributed by atoms with Crippen LogP contribution in [0.3, 0.4) is 0 Å². The Morgan fingerprint density at radius 3 is 2.47 bits per heavy atom. The second-order valence-corrected chi connectivity index (χ2v) is 3.16. The van der Waals surface area contributed by atoms with E-state index in [-0.39, 0.29) is 5.76 Å². The first-order valence-electron chi connectivity index (χ1n) is 4.25. The maximum Gasteiger partial charge on any atom is 0.229 e. The van der Waals surface area contributed by atoms with Gasteiger partial charge in [-0.15, -0.1) is 0 Å². The summed E-state index contributed by atoms with van der Waals surface area (Å²) in [5, 5.41) is 36.4. The molecule has 0 aliphatic carbocycles. The van der Waals surface area contributed by atoms with Crippen molar-refractivity contribution < 1.29 is 29.6 Å². The van der Waals surface area contributed by atoms with E-state index in [0.29, 0.717) is 0 Å². The van der Waals surface area contributed by atoms with Crippen LogP contribution in [0, 0.1) is 0 Å². The molecule has 0 aliphatic rings. The summed E-state index contributed by atoms with van der Waals surface area (Å²) in [6.07, 6.45) is -0.699. The second kappa shape index (κ2) is 4.54. The van der Waals surface area contributed by atoms with Crippen LogP contribution in [0.15, 0.2) is 22.8 Å². The first kappa shape index (κ1) is 11.9. The number of ketones is 1. The molecule has 4 N–H and O–H groups in total. The van der Waals surface area contributed by atoms with Crippen molar-refractivity contribution in [3.05, 3.63) is 24.2 Å². The molecule has 0 saturated heterocycles. The molecule has 0 bridgehead atoms. The van der Waals surface area contributed by atoms with Crippen molar-refractivity contribution >= 4 is 5.78 Å². The van der Waals surface area contributed by atoms with Gasteiger partial charge in [0.15, 0.2) is 11.9 Å². The largest absolute Gasteiger partial charge is 0.461 e. The fraction of sp³-hybridized carbons (Fsp3) is 0.444. The normalized spacial score (nSPS) is 13.9. The molecular weight excluding hydrogens is 204 g/mol. The summed E-state index contributed by atoms with van der Waals surface area (Å²) in [7, 11) is 0. The van der Waals surface area contributed by atoms with Gasteiger partial charge in [-0.1, -0.05) is 0 Å². The molecule has 84 valence electrons. The van der Waals surface area contributed by atoms with Crippen LogP contribution in [0.2, 0.25) is 0 Å². The molecule has 0 aromatic carbocycles. The van der Waals surface area contributed by atoms with Crippen molar-refractivity contribution in [1.82, 2.24) is 0 Å². The van der Waals surface area contributed by atoms with Gasteiger partial charge in [-0.3, -0.25) is 4.79 Å². The number of aliphatic hydroxyl groups is 4. The van der Waals surface area contributed by atoms with Gasteiger partial charge in [0.05, 0.1) is 19.5 Å². The van der Waals surface area contributed by atoms with E-state index in [1.807, 2.05) is 0 Å². The Balaban J connectivity index is 2.85. The van der Waals surface area contributed by atoms with Gasteiger partial charge in [-0.25, -0.2) is 0 Å².